The third kappa shape index (κ3) is 10.5. The number of unbranched alkanes of at least 4 members (excludes halogenated alkanes) is 1. The molecule has 2 heterocycles. The van der Waals surface area contributed by atoms with Crippen LogP contribution in [-0.2, 0) is 6.54 Å². The Morgan fingerprint density at radius 2 is 1.64 bits per heavy atom. The fourth-order valence-electron chi connectivity index (χ4n) is 5.05. The van der Waals surface area contributed by atoms with Crippen LogP contribution < -0.4 is 15.5 Å². The number of aryl methyl sites for hydroxylation is 1. The standard InChI is InChI=1S/C31H34N6.C6H15N/c1-23(2)33-27-13-11-26(12-14-27)30-15-16-32-31(35-30)34-28-5-4-6-29(21-28)37-19-17-36(18-20-37)22-25-9-7-24(3)8-10-25;1-4-5-6-7(2)3/h4-16,21,33H,1,17-20,22H2,2-3H3,(H,32,34,35);4-6H2,1-3H3. The minimum Gasteiger partial charge on any atom is -0.369 e. The van der Waals surface area contributed by atoms with Gasteiger partial charge in [0, 0.05) is 67.2 Å². The SMILES string of the molecule is C=C(C)Nc1ccc(-c2ccnc(Nc3cccc(N4CCN(Cc5ccc(C)cc5)CC4)c3)n2)cc1.CCCCN(C)C. The molecule has 7 nitrogen and oxygen atoms in total. The number of nitrogens with one attached hydrogen (secondary N) is 2. The zero-order valence-electron chi connectivity index (χ0n) is 27.2. The summed E-state index contributed by atoms with van der Waals surface area (Å²) >= 11 is 0. The molecule has 0 saturated carbocycles. The Bertz CT molecular complexity index is 1440. The van der Waals surface area contributed by atoms with Crippen molar-refractivity contribution in [3.05, 3.63) is 108 Å². The van der Waals surface area contributed by atoms with Crippen molar-refractivity contribution in [1.29, 1.82) is 0 Å². The molecule has 1 fully saturated rings. The second kappa shape index (κ2) is 16.6. The van der Waals surface area contributed by atoms with Crippen LogP contribution in [0, 0.1) is 6.92 Å². The van der Waals surface area contributed by atoms with Gasteiger partial charge in [0.25, 0.3) is 0 Å². The van der Waals surface area contributed by atoms with Gasteiger partial charge in [0.1, 0.15) is 0 Å². The summed E-state index contributed by atoms with van der Waals surface area (Å²) in [5.74, 6) is 0.585. The number of allylic oxidation sites excluding steroid dienone is 1. The van der Waals surface area contributed by atoms with Gasteiger partial charge in [-0.3, -0.25) is 4.90 Å². The lowest BCUT2D eigenvalue weighted by molar-refractivity contribution is 0.250. The predicted octanol–water partition coefficient (Wildman–Crippen LogP) is 7.81. The first-order valence-corrected chi connectivity index (χ1v) is 15.7. The van der Waals surface area contributed by atoms with Crippen molar-refractivity contribution in [3.8, 4) is 11.3 Å². The first kappa shape index (κ1) is 32.7. The van der Waals surface area contributed by atoms with Crippen LogP contribution in [0.3, 0.4) is 0 Å². The van der Waals surface area contributed by atoms with E-state index in [1.165, 1.54) is 36.2 Å². The summed E-state index contributed by atoms with van der Waals surface area (Å²) in [6, 6.07) is 27.5. The van der Waals surface area contributed by atoms with Crippen LogP contribution >= 0.6 is 0 Å². The molecule has 5 rings (SSSR count). The molecule has 1 saturated heterocycles. The molecule has 1 aliphatic rings. The number of nitrogens with zero attached hydrogens (tertiary/aromatic N) is 5. The molecule has 0 aliphatic carbocycles. The third-order valence-electron chi connectivity index (χ3n) is 7.52. The van der Waals surface area contributed by atoms with Gasteiger partial charge < -0.3 is 20.4 Å². The lowest BCUT2D eigenvalue weighted by atomic mass is 10.1. The summed E-state index contributed by atoms with van der Waals surface area (Å²) in [5, 5.41) is 6.62. The average Bonchev–Trinajstić information content (AvgIpc) is 3.02. The second-order valence-corrected chi connectivity index (χ2v) is 11.8. The fourth-order valence-corrected chi connectivity index (χ4v) is 5.05. The number of hydrogen-bond donors (Lipinski definition) is 2. The van der Waals surface area contributed by atoms with Crippen LogP contribution in [0.25, 0.3) is 11.3 Å². The Morgan fingerprint density at radius 3 is 2.27 bits per heavy atom. The number of hydrogen-bond acceptors (Lipinski definition) is 7. The molecule has 0 unspecified atom stereocenters. The highest BCUT2D eigenvalue weighted by molar-refractivity contribution is 5.66. The summed E-state index contributed by atoms with van der Waals surface area (Å²) in [7, 11) is 4.21. The molecule has 44 heavy (non-hydrogen) atoms. The van der Waals surface area contributed by atoms with Crippen molar-refractivity contribution in [2.24, 2.45) is 0 Å². The van der Waals surface area contributed by atoms with Crippen LogP contribution in [0.1, 0.15) is 37.8 Å². The van der Waals surface area contributed by atoms with Gasteiger partial charge in [0.15, 0.2) is 0 Å². The average molecular weight is 592 g/mol. The van der Waals surface area contributed by atoms with Crippen LogP contribution in [0.2, 0.25) is 0 Å². The Morgan fingerprint density at radius 1 is 0.909 bits per heavy atom. The van der Waals surface area contributed by atoms with Crippen molar-refractivity contribution < 1.29 is 0 Å². The van der Waals surface area contributed by atoms with E-state index < -0.39 is 0 Å². The Balaban J connectivity index is 0.000000566. The van der Waals surface area contributed by atoms with Gasteiger partial charge in [-0.05, 0) is 82.9 Å². The first-order chi connectivity index (χ1) is 21.3. The monoisotopic (exact) mass is 591 g/mol. The number of rotatable bonds is 11. The Labute approximate surface area is 264 Å². The van der Waals surface area contributed by atoms with Crippen molar-refractivity contribution in [2.45, 2.75) is 40.2 Å². The number of piperazine rings is 1. The molecule has 0 amide bonds. The first-order valence-electron chi connectivity index (χ1n) is 15.7. The zero-order chi connectivity index (χ0) is 31.3. The highest BCUT2D eigenvalue weighted by atomic mass is 15.3. The van der Waals surface area contributed by atoms with Crippen molar-refractivity contribution in [2.75, 3.05) is 62.4 Å². The summed E-state index contributed by atoms with van der Waals surface area (Å²) in [5.41, 5.74) is 8.73. The van der Waals surface area contributed by atoms with Gasteiger partial charge in [0.05, 0.1) is 5.69 Å². The molecule has 3 aromatic carbocycles. The summed E-state index contributed by atoms with van der Waals surface area (Å²) in [6.45, 7) is 16.6. The lowest BCUT2D eigenvalue weighted by Crippen LogP contribution is -2.45. The molecular weight excluding hydrogens is 542 g/mol. The normalized spacial score (nSPS) is 13.3. The molecule has 0 bridgehead atoms. The predicted molar refractivity (Wildman–Crippen MR) is 188 cm³/mol. The van der Waals surface area contributed by atoms with Crippen molar-refractivity contribution >= 4 is 23.0 Å². The summed E-state index contributed by atoms with van der Waals surface area (Å²) in [4.78, 5) is 16.4. The van der Waals surface area contributed by atoms with E-state index in [0.29, 0.717) is 5.95 Å². The van der Waals surface area contributed by atoms with Gasteiger partial charge in [0.2, 0.25) is 5.95 Å². The van der Waals surface area contributed by atoms with Crippen LogP contribution in [0.5, 0.6) is 0 Å². The maximum absolute atomic E-state index is 4.75. The number of aromatic nitrogens is 2. The summed E-state index contributed by atoms with van der Waals surface area (Å²) < 4.78 is 0. The largest absolute Gasteiger partial charge is 0.369 e. The zero-order valence-corrected chi connectivity index (χ0v) is 27.2. The minimum atomic E-state index is 0.585. The molecular formula is C37H49N7. The van der Waals surface area contributed by atoms with Crippen LogP contribution in [0.4, 0.5) is 23.0 Å². The molecule has 1 aliphatic heterocycles. The van der Waals surface area contributed by atoms with Crippen LogP contribution in [-0.4, -0.2) is 66.6 Å². The fraction of sp³-hybridized carbons (Fsp3) is 0.351. The molecule has 4 aromatic rings. The van der Waals surface area contributed by atoms with E-state index in [1.54, 1.807) is 6.20 Å². The summed E-state index contributed by atoms with van der Waals surface area (Å²) in [6.07, 6.45) is 4.42. The molecule has 0 radical (unpaired) electrons. The highest BCUT2D eigenvalue weighted by Gasteiger charge is 2.17. The number of anilines is 4. The lowest BCUT2D eigenvalue weighted by Gasteiger charge is -2.36. The third-order valence-corrected chi connectivity index (χ3v) is 7.52. The van der Waals surface area contributed by atoms with E-state index in [0.717, 1.165) is 61.1 Å². The van der Waals surface area contributed by atoms with E-state index in [1.807, 2.05) is 25.1 Å². The Hall–Kier alpha value is -4.20. The van der Waals surface area contributed by atoms with E-state index >= 15 is 0 Å². The number of benzene rings is 3. The molecule has 0 atom stereocenters. The molecule has 232 valence electrons. The van der Waals surface area contributed by atoms with Crippen molar-refractivity contribution in [3.63, 3.8) is 0 Å². The topological polar surface area (TPSA) is 59.6 Å². The minimum absolute atomic E-state index is 0.585. The van der Waals surface area contributed by atoms with Gasteiger partial charge in [-0.25, -0.2) is 9.97 Å². The quantitative estimate of drug-likeness (QED) is 0.184. The van der Waals surface area contributed by atoms with Crippen molar-refractivity contribution in [1.82, 2.24) is 19.8 Å². The molecule has 0 spiro atoms. The highest BCUT2D eigenvalue weighted by Crippen LogP contribution is 2.25. The van der Waals surface area contributed by atoms with E-state index in [2.05, 4.69) is 126 Å². The van der Waals surface area contributed by atoms with Gasteiger partial charge in [-0.1, -0.05) is 68.0 Å². The van der Waals surface area contributed by atoms with E-state index in [9.17, 15) is 0 Å². The van der Waals surface area contributed by atoms with Gasteiger partial charge in [-0.15, -0.1) is 0 Å². The van der Waals surface area contributed by atoms with Crippen LogP contribution in [0.15, 0.2) is 97.3 Å². The molecule has 2 N–H and O–H groups in total. The maximum Gasteiger partial charge on any atom is 0.227 e. The Kier molecular flexibility index (Phi) is 12.3. The second-order valence-electron chi connectivity index (χ2n) is 11.8. The molecule has 1 aromatic heterocycles. The molecule has 7 heteroatoms. The van der Waals surface area contributed by atoms with Gasteiger partial charge in [-0.2, -0.15) is 0 Å². The smallest absolute Gasteiger partial charge is 0.227 e. The van der Waals surface area contributed by atoms with E-state index in [-0.39, 0.29) is 0 Å². The van der Waals surface area contributed by atoms with Gasteiger partial charge >= 0.3 is 0 Å². The van der Waals surface area contributed by atoms with E-state index in [4.69, 9.17) is 4.98 Å². The maximum atomic E-state index is 4.75.